The van der Waals surface area contributed by atoms with Crippen LogP contribution in [-0.2, 0) is 14.6 Å². The minimum Gasteiger partial charge on any atom is -0.368 e. The van der Waals surface area contributed by atoms with E-state index < -0.39 is 39.8 Å². The third-order valence-corrected chi connectivity index (χ3v) is 7.32. The molecule has 0 bridgehead atoms. The lowest BCUT2D eigenvalue weighted by molar-refractivity contribution is -0.128. The van der Waals surface area contributed by atoms with Crippen LogP contribution >= 0.6 is 0 Å². The van der Waals surface area contributed by atoms with E-state index in [4.69, 9.17) is 5.73 Å². The molecule has 1 aliphatic carbocycles. The van der Waals surface area contributed by atoms with Gasteiger partial charge in [0.1, 0.15) is 5.54 Å². The van der Waals surface area contributed by atoms with Crippen molar-refractivity contribution in [3.63, 3.8) is 0 Å². The summed E-state index contributed by atoms with van der Waals surface area (Å²) in [7, 11) is -3.33. The second-order valence-corrected chi connectivity index (χ2v) is 11.3. The second-order valence-electron chi connectivity index (χ2n) is 9.30. The Morgan fingerprint density at radius 1 is 1.09 bits per heavy atom. The van der Waals surface area contributed by atoms with Gasteiger partial charge in [-0.15, -0.1) is 0 Å². The van der Waals surface area contributed by atoms with E-state index in [-0.39, 0.29) is 22.8 Å². The molecule has 0 heterocycles. The van der Waals surface area contributed by atoms with Gasteiger partial charge in [0.25, 0.3) is 6.43 Å². The Labute approximate surface area is 199 Å². The van der Waals surface area contributed by atoms with Gasteiger partial charge in [0.05, 0.1) is 23.0 Å². The first-order valence-electron chi connectivity index (χ1n) is 11.1. The summed E-state index contributed by atoms with van der Waals surface area (Å²) in [5.74, 6) is -0.700. The molecule has 2 aromatic rings. The minimum atomic E-state index is -3.33. The second kappa shape index (κ2) is 9.80. The van der Waals surface area contributed by atoms with Crippen LogP contribution in [0.15, 0.2) is 53.4 Å². The van der Waals surface area contributed by atoms with Gasteiger partial charge < -0.3 is 5.73 Å². The van der Waals surface area contributed by atoms with Crippen molar-refractivity contribution in [3.05, 3.63) is 54.1 Å². The number of hydrogen-bond donors (Lipinski definition) is 1. The molecule has 0 radical (unpaired) electrons. The average molecular weight is 490 g/mol. The Bertz CT molecular complexity index is 1170. The predicted octanol–water partition coefficient (Wildman–Crippen LogP) is 4.32. The molecule has 0 saturated heterocycles. The number of amides is 1. The molecule has 0 aromatic heterocycles. The molecule has 1 amide bonds. The van der Waals surface area contributed by atoms with Crippen molar-refractivity contribution in [2.75, 3.05) is 6.26 Å². The number of nitrogens with two attached hydrogens (primary N) is 1. The molecule has 182 valence electrons. The van der Waals surface area contributed by atoms with Crippen molar-refractivity contribution in [3.8, 4) is 17.2 Å². The normalized spacial score (nSPS) is 16.9. The fourth-order valence-corrected chi connectivity index (χ4v) is 4.94. The van der Waals surface area contributed by atoms with Crippen molar-refractivity contribution >= 4 is 15.7 Å². The van der Waals surface area contributed by atoms with Gasteiger partial charge in [-0.05, 0) is 54.0 Å². The van der Waals surface area contributed by atoms with Crippen LogP contribution < -0.4 is 5.73 Å². The zero-order valence-corrected chi connectivity index (χ0v) is 20.2. The molecule has 2 atom stereocenters. The summed E-state index contributed by atoms with van der Waals surface area (Å²) in [6, 6.07) is 12.5. The Hall–Kier alpha value is -2.83. The molecule has 2 aromatic carbocycles. The number of rotatable bonds is 10. The van der Waals surface area contributed by atoms with Gasteiger partial charge in [0.15, 0.2) is 9.84 Å². The van der Waals surface area contributed by atoms with Crippen LogP contribution in [0, 0.1) is 17.2 Å². The van der Waals surface area contributed by atoms with Gasteiger partial charge in [-0.3, -0.25) is 9.69 Å². The molecule has 6 nitrogen and oxygen atoms in total. The van der Waals surface area contributed by atoms with E-state index in [0.717, 1.165) is 17.4 Å². The molecule has 0 unspecified atom stereocenters. The minimum absolute atomic E-state index is 0.0186. The summed E-state index contributed by atoms with van der Waals surface area (Å²) >= 11 is 0. The fourth-order valence-electron chi connectivity index (χ4n) is 4.31. The number of benzene rings is 2. The molecule has 34 heavy (non-hydrogen) atoms. The lowest BCUT2D eigenvalue weighted by atomic mass is 9.93. The molecule has 3 rings (SSSR count). The van der Waals surface area contributed by atoms with Crippen molar-refractivity contribution in [2.45, 2.75) is 62.1 Å². The van der Waals surface area contributed by atoms with Crippen molar-refractivity contribution in [1.29, 1.82) is 5.26 Å². The highest BCUT2D eigenvalue weighted by atomic mass is 32.2. The zero-order chi connectivity index (χ0) is 25.3. The van der Waals surface area contributed by atoms with E-state index >= 15 is 0 Å². The number of nitriles is 1. The quantitative estimate of drug-likeness (QED) is 0.535. The Morgan fingerprint density at radius 3 is 1.94 bits per heavy atom. The lowest BCUT2D eigenvalue weighted by Crippen LogP contribution is -2.54. The maximum Gasteiger partial charge on any atom is 0.258 e. The standard InChI is InChI=1S/C25H29F2N3O3S/c1-16(2)14-21(24(29)31)30(25(15-28)12-13-25)22(23(26)27)19-6-4-17(5-7-19)18-8-10-20(11-9-18)34(3,32)33/h4-11,16,21-23H,12-14H2,1-3H3,(H2,29,31)/t21-,22-/m0/s1. The number of primary amides is 1. The summed E-state index contributed by atoms with van der Waals surface area (Å²) in [6.45, 7) is 3.75. The predicted molar refractivity (Wildman–Crippen MR) is 126 cm³/mol. The first kappa shape index (κ1) is 25.8. The van der Waals surface area contributed by atoms with Crippen molar-refractivity contribution in [1.82, 2.24) is 4.90 Å². The van der Waals surface area contributed by atoms with Crippen LogP contribution in [0.2, 0.25) is 0 Å². The van der Waals surface area contributed by atoms with Crippen LogP contribution in [-0.4, -0.2) is 43.5 Å². The number of carbonyl (C=O) groups is 1. The van der Waals surface area contributed by atoms with Crippen LogP contribution in [0.5, 0.6) is 0 Å². The van der Waals surface area contributed by atoms with Crippen LogP contribution in [0.4, 0.5) is 8.78 Å². The van der Waals surface area contributed by atoms with Gasteiger partial charge in [-0.2, -0.15) is 5.26 Å². The Balaban J connectivity index is 2.00. The topological polar surface area (TPSA) is 104 Å². The zero-order valence-electron chi connectivity index (χ0n) is 19.4. The maximum atomic E-state index is 14.5. The number of hydrogen-bond acceptors (Lipinski definition) is 5. The largest absolute Gasteiger partial charge is 0.368 e. The number of carbonyl (C=O) groups excluding carboxylic acids is 1. The van der Waals surface area contributed by atoms with Gasteiger partial charge in [-0.25, -0.2) is 17.2 Å². The van der Waals surface area contributed by atoms with Gasteiger partial charge >= 0.3 is 0 Å². The van der Waals surface area contributed by atoms with Crippen LogP contribution in [0.25, 0.3) is 11.1 Å². The van der Waals surface area contributed by atoms with Gasteiger partial charge in [0.2, 0.25) is 5.91 Å². The number of alkyl halides is 2. The number of sulfone groups is 1. The SMILES string of the molecule is CC(C)C[C@@H](C(N)=O)N([C@@H](c1ccc(-c2ccc(S(C)(=O)=O)cc2)cc1)C(F)F)C1(C#N)CC1. The summed E-state index contributed by atoms with van der Waals surface area (Å²) in [5, 5.41) is 9.81. The third kappa shape index (κ3) is 5.45. The van der Waals surface area contributed by atoms with E-state index in [1.165, 1.54) is 17.0 Å². The summed E-state index contributed by atoms with van der Waals surface area (Å²) in [5.41, 5.74) is 6.24. The van der Waals surface area contributed by atoms with E-state index in [1.54, 1.807) is 36.4 Å². The van der Waals surface area contributed by atoms with E-state index in [0.29, 0.717) is 12.8 Å². The number of halogens is 2. The van der Waals surface area contributed by atoms with E-state index in [2.05, 4.69) is 6.07 Å². The molecule has 0 spiro atoms. The molecule has 0 aliphatic heterocycles. The van der Waals surface area contributed by atoms with Crippen molar-refractivity contribution in [2.24, 2.45) is 11.7 Å². The van der Waals surface area contributed by atoms with Crippen molar-refractivity contribution < 1.29 is 22.0 Å². The lowest BCUT2D eigenvalue weighted by Gasteiger charge is -2.40. The summed E-state index contributed by atoms with van der Waals surface area (Å²) < 4.78 is 52.4. The Kier molecular flexibility index (Phi) is 7.44. The summed E-state index contributed by atoms with van der Waals surface area (Å²) in [6.07, 6.45) is -0.648. The molecule has 1 saturated carbocycles. The molecule has 2 N–H and O–H groups in total. The smallest absolute Gasteiger partial charge is 0.258 e. The van der Waals surface area contributed by atoms with E-state index in [1.807, 2.05) is 13.8 Å². The van der Waals surface area contributed by atoms with Gasteiger partial charge in [-0.1, -0.05) is 50.2 Å². The van der Waals surface area contributed by atoms with Gasteiger partial charge in [0, 0.05) is 6.26 Å². The fraction of sp³-hybridized carbons (Fsp3) is 0.440. The highest BCUT2D eigenvalue weighted by Gasteiger charge is 2.56. The van der Waals surface area contributed by atoms with Crippen LogP contribution in [0.3, 0.4) is 0 Å². The third-order valence-electron chi connectivity index (χ3n) is 6.19. The Morgan fingerprint density at radius 2 is 1.59 bits per heavy atom. The van der Waals surface area contributed by atoms with E-state index in [9.17, 15) is 27.3 Å². The first-order valence-corrected chi connectivity index (χ1v) is 13.0. The molecule has 1 fully saturated rings. The highest BCUT2D eigenvalue weighted by molar-refractivity contribution is 7.90. The first-order chi connectivity index (χ1) is 15.9. The highest BCUT2D eigenvalue weighted by Crippen LogP contribution is 2.49. The molecule has 9 heteroatoms. The number of nitrogens with zero attached hydrogens (tertiary/aromatic N) is 2. The van der Waals surface area contributed by atoms with Crippen LogP contribution in [0.1, 0.15) is 44.7 Å². The molecule has 1 aliphatic rings. The average Bonchev–Trinajstić information content (AvgIpc) is 3.56. The summed E-state index contributed by atoms with van der Waals surface area (Å²) in [4.78, 5) is 13.9. The molecular formula is C25H29F2N3O3S. The monoisotopic (exact) mass is 489 g/mol. The molecular weight excluding hydrogens is 460 g/mol. The maximum absolute atomic E-state index is 14.5.